The van der Waals surface area contributed by atoms with Gasteiger partial charge in [-0.2, -0.15) is 0 Å². The molecule has 2 aromatic rings. The maximum absolute atomic E-state index is 11.8. The van der Waals surface area contributed by atoms with Crippen LogP contribution < -0.4 is 10.3 Å². The summed E-state index contributed by atoms with van der Waals surface area (Å²) in [5.41, 5.74) is 3.66. The number of nitrogens with one attached hydrogen (secondary N) is 2. The molecule has 0 saturated heterocycles. The summed E-state index contributed by atoms with van der Waals surface area (Å²) in [6.07, 6.45) is 0.542. The van der Waals surface area contributed by atoms with E-state index in [0.717, 1.165) is 22.6 Å². The molecule has 0 aliphatic rings. The normalized spacial score (nSPS) is 10.6. The van der Waals surface area contributed by atoms with Crippen LogP contribution in [0.3, 0.4) is 0 Å². The van der Waals surface area contributed by atoms with E-state index in [-0.39, 0.29) is 5.56 Å². The van der Waals surface area contributed by atoms with Crippen LogP contribution in [0.15, 0.2) is 23.0 Å². The third-order valence-electron chi connectivity index (χ3n) is 3.07. The first-order chi connectivity index (χ1) is 9.45. The molecule has 0 atom stereocenters. The van der Waals surface area contributed by atoms with E-state index in [0.29, 0.717) is 23.4 Å². The van der Waals surface area contributed by atoms with E-state index in [2.05, 4.69) is 16.0 Å². The Balaban J connectivity index is 2.07. The van der Waals surface area contributed by atoms with Gasteiger partial charge in [-0.05, 0) is 56.2 Å². The highest BCUT2D eigenvalue weighted by Gasteiger charge is 2.05. The number of H-pyrrole nitrogens is 2. The van der Waals surface area contributed by atoms with Gasteiger partial charge in [-0.3, -0.25) is 9.78 Å². The van der Waals surface area contributed by atoms with Crippen LogP contribution >= 0.6 is 12.2 Å². The number of aromatic amines is 2. The molecule has 2 N–H and O–H groups in total. The van der Waals surface area contributed by atoms with Gasteiger partial charge in [0.2, 0.25) is 0 Å². The maximum Gasteiger partial charge on any atom is 0.255 e. The number of hydrogen-bond donors (Lipinski definition) is 2. The Hall–Kier alpha value is -1.88. The van der Waals surface area contributed by atoms with Gasteiger partial charge in [-0.15, -0.1) is 0 Å². The van der Waals surface area contributed by atoms with Crippen LogP contribution in [0, 0.1) is 25.5 Å². The molecule has 1 aromatic heterocycles. The quantitative estimate of drug-likeness (QED) is 0.851. The van der Waals surface area contributed by atoms with Crippen LogP contribution in [-0.2, 0) is 6.42 Å². The van der Waals surface area contributed by atoms with Crippen LogP contribution in [0.5, 0.6) is 5.75 Å². The summed E-state index contributed by atoms with van der Waals surface area (Å²) in [7, 11) is 0. The summed E-state index contributed by atoms with van der Waals surface area (Å²) >= 11 is 4.92. The molecule has 4 nitrogen and oxygen atoms in total. The van der Waals surface area contributed by atoms with Gasteiger partial charge in [-0.1, -0.05) is 6.07 Å². The van der Waals surface area contributed by atoms with Crippen molar-refractivity contribution in [1.82, 2.24) is 9.97 Å². The monoisotopic (exact) mass is 290 g/mol. The van der Waals surface area contributed by atoms with Crippen molar-refractivity contribution in [2.75, 3.05) is 6.61 Å². The molecule has 0 amide bonds. The van der Waals surface area contributed by atoms with E-state index in [4.69, 9.17) is 17.0 Å². The Labute approximate surface area is 122 Å². The van der Waals surface area contributed by atoms with E-state index in [1.807, 2.05) is 32.9 Å². The zero-order valence-corrected chi connectivity index (χ0v) is 12.7. The van der Waals surface area contributed by atoms with Crippen LogP contribution in [0.4, 0.5) is 0 Å². The molecule has 5 heteroatoms. The highest BCUT2D eigenvalue weighted by molar-refractivity contribution is 7.71. The molecule has 2 rings (SSSR count). The third kappa shape index (κ3) is 3.57. The summed E-state index contributed by atoms with van der Waals surface area (Å²) in [5, 5.41) is 0. The van der Waals surface area contributed by atoms with Crippen molar-refractivity contribution in [3.63, 3.8) is 0 Å². The lowest BCUT2D eigenvalue weighted by Crippen LogP contribution is -2.18. The minimum absolute atomic E-state index is 0.143. The van der Waals surface area contributed by atoms with E-state index in [9.17, 15) is 4.79 Å². The number of benzene rings is 1. The molecule has 0 unspecified atom stereocenters. The average molecular weight is 290 g/mol. The van der Waals surface area contributed by atoms with Crippen molar-refractivity contribution >= 4 is 12.2 Å². The van der Waals surface area contributed by atoms with Gasteiger partial charge in [0.25, 0.3) is 5.56 Å². The second-order valence-electron chi connectivity index (χ2n) is 4.93. The summed E-state index contributed by atoms with van der Waals surface area (Å²) < 4.78 is 6.07. The predicted molar refractivity (Wildman–Crippen MR) is 82.1 cm³/mol. The fourth-order valence-electron chi connectivity index (χ4n) is 2.21. The Morgan fingerprint density at radius 2 is 1.75 bits per heavy atom. The van der Waals surface area contributed by atoms with Gasteiger partial charge in [0.05, 0.1) is 6.61 Å². The lowest BCUT2D eigenvalue weighted by atomic mass is 10.1. The van der Waals surface area contributed by atoms with Crippen LogP contribution in [0.2, 0.25) is 0 Å². The van der Waals surface area contributed by atoms with Gasteiger partial charge in [0, 0.05) is 17.7 Å². The van der Waals surface area contributed by atoms with Crippen LogP contribution in [-0.4, -0.2) is 16.6 Å². The minimum atomic E-state index is -0.143. The minimum Gasteiger partial charge on any atom is -0.493 e. The first kappa shape index (κ1) is 14.5. The second-order valence-corrected chi connectivity index (χ2v) is 5.34. The van der Waals surface area contributed by atoms with Gasteiger partial charge >= 0.3 is 0 Å². The van der Waals surface area contributed by atoms with E-state index < -0.39 is 0 Å². The summed E-state index contributed by atoms with van der Waals surface area (Å²) in [6, 6.07) is 6.07. The molecule has 1 heterocycles. The van der Waals surface area contributed by atoms with Crippen molar-refractivity contribution < 1.29 is 4.74 Å². The largest absolute Gasteiger partial charge is 0.493 e. The smallest absolute Gasteiger partial charge is 0.255 e. The molecule has 0 saturated carbocycles. The number of aryl methyl sites for hydroxylation is 3. The highest BCUT2D eigenvalue weighted by Crippen LogP contribution is 2.16. The van der Waals surface area contributed by atoms with Crippen molar-refractivity contribution in [2.24, 2.45) is 0 Å². The molecular formula is C15H18N2O2S. The molecule has 106 valence electrons. The Morgan fingerprint density at radius 3 is 2.35 bits per heavy atom. The van der Waals surface area contributed by atoms with Gasteiger partial charge in [-0.25, -0.2) is 0 Å². The second kappa shape index (κ2) is 6.05. The molecule has 0 aliphatic carbocycles. The fourth-order valence-corrected chi connectivity index (χ4v) is 2.46. The van der Waals surface area contributed by atoms with Crippen molar-refractivity contribution in [2.45, 2.75) is 27.2 Å². The van der Waals surface area contributed by atoms with Gasteiger partial charge < -0.3 is 9.72 Å². The predicted octanol–water partition coefficient (Wildman–Crippen LogP) is 2.98. The Morgan fingerprint density at radius 1 is 1.10 bits per heavy atom. The fraction of sp³-hybridized carbons (Fsp3) is 0.333. The zero-order chi connectivity index (χ0) is 14.7. The summed E-state index contributed by atoms with van der Waals surface area (Å²) in [4.78, 5) is 17.4. The molecule has 0 spiro atoms. The van der Waals surface area contributed by atoms with Crippen LogP contribution in [0.25, 0.3) is 0 Å². The van der Waals surface area contributed by atoms with E-state index in [1.165, 1.54) is 0 Å². The summed E-state index contributed by atoms with van der Waals surface area (Å²) in [5.74, 6) is 0.834. The first-order valence-electron chi connectivity index (χ1n) is 6.49. The zero-order valence-electron chi connectivity index (χ0n) is 11.9. The number of rotatable bonds is 4. The molecular weight excluding hydrogens is 272 g/mol. The molecule has 0 aliphatic heterocycles. The number of hydrogen-bond acceptors (Lipinski definition) is 3. The maximum atomic E-state index is 11.8. The first-order valence-corrected chi connectivity index (χ1v) is 6.89. The topological polar surface area (TPSA) is 57.9 Å². The van der Waals surface area contributed by atoms with E-state index in [1.54, 1.807) is 0 Å². The van der Waals surface area contributed by atoms with Crippen molar-refractivity contribution in [1.29, 1.82) is 0 Å². The van der Waals surface area contributed by atoms with Crippen molar-refractivity contribution in [3.8, 4) is 5.75 Å². The lowest BCUT2D eigenvalue weighted by molar-refractivity contribution is 0.320. The van der Waals surface area contributed by atoms with E-state index >= 15 is 0 Å². The molecule has 1 aromatic carbocycles. The Bertz CT molecular complexity index is 711. The standard InChI is InChI=1S/C15H18N2O2S/c1-9-6-10(2)8-12(7-9)19-5-4-13-11(3)16-15(20)17-14(13)18/h6-8H,4-5H2,1-3H3,(H2,16,17,18,20). The van der Waals surface area contributed by atoms with Crippen molar-refractivity contribution in [3.05, 3.63) is 55.7 Å². The lowest BCUT2D eigenvalue weighted by Gasteiger charge is -2.09. The molecule has 0 radical (unpaired) electrons. The summed E-state index contributed by atoms with van der Waals surface area (Å²) in [6.45, 7) is 6.37. The van der Waals surface area contributed by atoms with Gasteiger partial charge in [0.1, 0.15) is 5.75 Å². The molecule has 0 fully saturated rings. The highest BCUT2D eigenvalue weighted by atomic mass is 32.1. The molecule has 20 heavy (non-hydrogen) atoms. The average Bonchev–Trinajstić information content (AvgIpc) is 2.31. The van der Waals surface area contributed by atoms with Gasteiger partial charge in [0.15, 0.2) is 4.77 Å². The molecule has 0 bridgehead atoms. The SMILES string of the molecule is Cc1cc(C)cc(OCCc2c(C)[nH]c(=S)[nH]c2=O)c1. The third-order valence-corrected chi connectivity index (χ3v) is 3.27. The van der Waals surface area contributed by atoms with Crippen LogP contribution in [0.1, 0.15) is 22.4 Å². The number of ether oxygens (including phenoxy) is 1. The number of aromatic nitrogens is 2. The Kier molecular flexibility index (Phi) is 4.39.